The van der Waals surface area contributed by atoms with E-state index in [1.807, 2.05) is 77.5 Å². The van der Waals surface area contributed by atoms with Gasteiger partial charge in [-0.05, 0) is 29.8 Å². The molecule has 9 heteroatoms. The highest BCUT2D eigenvalue weighted by Gasteiger charge is 2.38. The molecule has 0 saturated carbocycles. The number of methoxy groups -OCH3 is 1. The number of carbonyl (C=O) groups excluding carboxylic acids is 1. The summed E-state index contributed by atoms with van der Waals surface area (Å²) in [4.78, 5) is 13.4. The number of carbonyl (C=O) groups is 1. The molecule has 1 aromatic heterocycles. The number of nitrogens with one attached hydrogen (secondary N) is 2. The number of aromatic nitrogens is 3. The molecule has 5 rings (SSSR count). The van der Waals surface area contributed by atoms with Crippen molar-refractivity contribution < 1.29 is 9.53 Å². The molecule has 0 unspecified atom stereocenters. The maximum atomic E-state index is 13.4. The molecule has 0 aliphatic carbocycles. The minimum absolute atomic E-state index is 0.156. The van der Waals surface area contributed by atoms with E-state index >= 15 is 0 Å². The molecule has 4 aromatic rings. The monoisotopic (exact) mass is 477 g/mol. The topological polar surface area (TPSA) is 81.1 Å². The van der Waals surface area contributed by atoms with Crippen molar-refractivity contribution in [2.75, 3.05) is 17.9 Å². The van der Waals surface area contributed by atoms with Gasteiger partial charge in [-0.2, -0.15) is 0 Å². The molecule has 33 heavy (non-hydrogen) atoms. The first-order valence-corrected chi connectivity index (χ1v) is 11.5. The Bertz CT molecular complexity index is 1280. The first-order chi connectivity index (χ1) is 16.1. The molecule has 0 fully saturated rings. The number of benzene rings is 3. The predicted molar refractivity (Wildman–Crippen MR) is 130 cm³/mol. The molecule has 0 bridgehead atoms. The van der Waals surface area contributed by atoms with Gasteiger partial charge in [0.25, 0.3) is 0 Å². The van der Waals surface area contributed by atoms with E-state index in [0.717, 1.165) is 11.1 Å². The van der Waals surface area contributed by atoms with E-state index in [-0.39, 0.29) is 11.9 Å². The summed E-state index contributed by atoms with van der Waals surface area (Å²) in [6, 6.07) is 24.2. The van der Waals surface area contributed by atoms with E-state index in [4.69, 9.17) is 16.3 Å². The van der Waals surface area contributed by atoms with E-state index < -0.39 is 5.25 Å². The van der Waals surface area contributed by atoms with Crippen LogP contribution in [0.2, 0.25) is 5.02 Å². The number of rotatable bonds is 5. The molecule has 7 nitrogen and oxygen atoms in total. The van der Waals surface area contributed by atoms with Crippen molar-refractivity contribution in [2.24, 2.45) is 0 Å². The fourth-order valence-corrected chi connectivity index (χ4v) is 4.87. The summed E-state index contributed by atoms with van der Waals surface area (Å²) in [6.07, 6.45) is 0. The Kier molecular flexibility index (Phi) is 5.93. The van der Waals surface area contributed by atoms with Crippen molar-refractivity contribution in [3.63, 3.8) is 0 Å². The van der Waals surface area contributed by atoms with Crippen LogP contribution in [0.25, 0.3) is 11.4 Å². The van der Waals surface area contributed by atoms with E-state index in [9.17, 15) is 4.79 Å². The third-order valence-corrected chi connectivity index (χ3v) is 6.76. The molecule has 2 atom stereocenters. The average Bonchev–Trinajstić information content (AvgIpc) is 3.27. The molecular weight excluding hydrogens is 458 g/mol. The first-order valence-electron chi connectivity index (χ1n) is 10.3. The highest BCUT2D eigenvalue weighted by atomic mass is 35.5. The van der Waals surface area contributed by atoms with Crippen LogP contribution in [0.4, 0.5) is 5.69 Å². The number of hydrogen-bond donors (Lipinski definition) is 2. The summed E-state index contributed by atoms with van der Waals surface area (Å²) in [6.45, 7) is 0. The highest BCUT2D eigenvalue weighted by molar-refractivity contribution is 8.00. The number of amides is 1. The lowest BCUT2D eigenvalue weighted by Crippen LogP contribution is -2.41. The summed E-state index contributed by atoms with van der Waals surface area (Å²) >= 11 is 7.48. The summed E-state index contributed by atoms with van der Waals surface area (Å²) in [5.41, 5.74) is 5.98. The number of halogens is 1. The molecule has 1 amide bonds. The Hall–Kier alpha value is -3.49. The maximum absolute atomic E-state index is 13.4. The van der Waals surface area contributed by atoms with Crippen LogP contribution in [0.3, 0.4) is 0 Å². The molecular formula is C24H20ClN5O2S. The van der Waals surface area contributed by atoms with E-state index in [1.165, 1.54) is 11.8 Å². The standard InChI is InChI=1S/C24H20ClN5O2S/c1-32-19-9-5-8-18(14-19)26-23(31)21-20(15-10-12-17(25)13-11-15)29-30-22(27-28-24(30)33-21)16-6-3-2-4-7-16/h2-14,20-21,29H,1H3,(H,26,31)/t20-,21+/m0/s1. The van der Waals surface area contributed by atoms with Gasteiger partial charge in [0.05, 0.1) is 13.2 Å². The second kappa shape index (κ2) is 9.17. The lowest BCUT2D eigenvalue weighted by atomic mass is 10.0. The summed E-state index contributed by atoms with van der Waals surface area (Å²) < 4.78 is 7.11. The molecule has 1 aliphatic heterocycles. The smallest absolute Gasteiger partial charge is 0.240 e. The minimum atomic E-state index is -0.502. The Morgan fingerprint density at radius 3 is 2.61 bits per heavy atom. The second-order valence-electron chi connectivity index (χ2n) is 7.43. The van der Waals surface area contributed by atoms with Crippen LogP contribution < -0.4 is 15.5 Å². The van der Waals surface area contributed by atoms with Crippen LogP contribution in [-0.2, 0) is 4.79 Å². The van der Waals surface area contributed by atoms with Crippen molar-refractivity contribution in [3.8, 4) is 17.1 Å². The van der Waals surface area contributed by atoms with Crippen molar-refractivity contribution in [1.29, 1.82) is 0 Å². The van der Waals surface area contributed by atoms with Crippen molar-refractivity contribution in [3.05, 3.63) is 89.4 Å². The number of anilines is 1. The highest BCUT2D eigenvalue weighted by Crippen LogP contribution is 2.39. The summed E-state index contributed by atoms with van der Waals surface area (Å²) in [5.74, 6) is 1.20. The molecule has 166 valence electrons. The minimum Gasteiger partial charge on any atom is -0.497 e. The number of ether oxygens (including phenoxy) is 1. The third-order valence-electron chi connectivity index (χ3n) is 5.29. The quantitative estimate of drug-likeness (QED) is 0.421. The van der Waals surface area contributed by atoms with Crippen molar-refractivity contribution >= 4 is 35.0 Å². The van der Waals surface area contributed by atoms with Crippen LogP contribution in [0.1, 0.15) is 11.6 Å². The summed E-state index contributed by atoms with van der Waals surface area (Å²) in [5, 5.41) is 12.5. The molecule has 0 spiro atoms. The van der Waals surface area contributed by atoms with Gasteiger partial charge in [-0.1, -0.05) is 71.9 Å². The SMILES string of the molecule is COc1cccc(NC(=O)[C@@H]2Sc3nnc(-c4ccccc4)n3N[C@H]2c2ccc(Cl)cc2)c1. The number of fused-ring (bicyclic) bond motifs is 1. The largest absolute Gasteiger partial charge is 0.497 e. The fraction of sp³-hybridized carbons (Fsp3) is 0.125. The van der Waals surface area contributed by atoms with Gasteiger partial charge in [-0.15, -0.1) is 10.2 Å². The normalized spacial score (nSPS) is 17.0. The first kappa shape index (κ1) is 21.4. The van der Waals surface area contributed by atoms with Gasteiger partial charge >= 0.3 is 0 Å². The van der Waals surface area contributed by atoms with Crippen LogP contribution >= 0.6 is 23.4 Å². The molecule has 2 heterocycles. The van der Waals surface area contributed by atoms with E-state index in [0.29, 0.717) is 27.4 Å². The zero-order valence-electron chi connectivity index (χ0n) is 17.6. The third kappa shape index (κ3) is 4.40. The predicted octanol–water partition coefficient (Wildman–Crippen LogP) is 5.00. The van der Waals surface area contributed by atoms with Crippen LogP contribution in [0, 0.1) is 0 Å². The van der Waals surface area contributed by atoms with Crippen molar-refractivity contribution in [1.82, 2.24) is 14.9 Å². The van der Waals surface area contributed by atoms with Crippen LogP contribution in [0.5, 0.6) is 5.75 Å². The Morgan fingerprint density at radius 2 is 1.85 bits per heavy atom. The fourth-order valence-electron chi connectivity index (χ4n) is 3.66. The Balaban J connectivity index is 1.50. The lowest BCUT2D eigenvalue weighted by molar-refractivity contribution is -0.116. The average molecular weight is 478 g/mol. The van der Waals surface area contributed by atoms with Gasteiger partial charge in [-0.3, -0.25) is 4.79 Å². The molecule has 0 radical (unpaired) electrons. The molecule has 3 aromatic carbocycles. The van der Waals surface area contributed by atoms with Gasteiger partial charge in [0.1, 0.15) is 11.0 Å². The zero-order valence-corrected chi connectivity index (χ0v) is 19.2. The van der Waals surface area contributed by atoms with Gasteiger partial charge in [0.15, 0.2) is 5.82 Å². The van der Waals surface area contributed by atoms with Gasteiger partial charge in [-0.25, -0.2) is 4.68 Å². The van der Waals surface area contributed by atoms with E-state index in [2.05, 4.69) is 20.9 Å². The van der Waals surface area contributed by atoms with Gasteiger partial charge in [0.2, 0.25) is 11.1 Å². The van der Waals surface area contributed by atoms with Gasteiger partial charge < -0.3 is 15.5 Å². The second-order valence-corrected chi connectivity index (χ2v) is 8.97. The number of nitrogens with zero attached hydrogens (tertiary/aromatic N) is 3. The lowest BCUT2D eigenvalue weighted by Gasteiger charge is -2.33. The molecule has 2 N–H and O–H groups in total. The van der Waals surface area contributed by atoms with Crippen LogP contribution in [0.15, 0.2) is 84.0 Å². The number of hydrogen-bond acceptors (Lipinski definition) is 6. The molecule has 0 saturated heterocycles. The maximum Gasteiger partial charge on any atom is 0.240 e. The Morgan fingerprint density at radius 1 is 1.06 bits per heavy atom. The van der Waals surface area contributed by atoms with Gasteiger partial charge in [0, 0.05) is 22.3 Å². The number of thioether (sulfide) groups is 1. The van der Waals surface area contributed by atoms with Crippen LogP contribution in [-0.4, -0.2) is 33.1 Å². The summed E-state index contributed by atoms with van der Waals surface area (Å²) in [7, 11) is 1.59. The van der Waals surface area contributed by atoms with Crippen molar-refractivity contribution in [2.45, 2.75) is 16.4 Å². The zero-order chi connectivity index (χ0) is 22.8. The Labute approximate surface area is 200 Å². The van der Waals surface area contributed by atoms with E-state index in [1.54, 1.807) is 13.2 Å². The molecule has 1 aliphatic rings.